The lowest BCUT2D eigenvalue weighted by Crippen LogP contribution is -2.40. The van der Waals surface area contributed by atoms with Gasteiger partial charge in [0.2, 0.25) is 0 Å². The second-order valence-electron chi connectivity index (χ2n) is 4.34. The Morgan fingerprint density at radius 2 is 2.21 bits per heavy atom. The summed E-state index contributed by atoms with van der Waals surface area (Å²) in [6, 6.07) is 3.93. The molecule has 1 amide bonds. The number of carboxylic acid groups (broad SMARTS) is 1. The maximum absolute atomic E-state index is 12.3. The van der Waals surface area contributed by atoms with E-state index in [1.54, 1.807) is 12.1 Å². The summed E-state index contributed by atoms with van der Waals surface area (Å²) in [6.45, 7) is 0.459. The molecule has 0 unspecified atom stereocenters. The third-order valence-electron chi connectivity index (χ3n) is 3.20. The molecule has 1 aromatic rings. The lowest BCUT2D eigenvalue weighted by Gasteiger charge is -2.21. The van der Waals surface area contributed by atoms with E-state index in [0.29, 0.717) is 35.7 Å². The van der Waals surface area contributed by atoms with E-state index in [-0.39, 0.29) is 5.91 Å². The molecule has 2 rings (SSSR count). The minimum atomic E-state index is -0.966. The number of amides is 1. The number of methoxy groups -OCH3 is 1. The Kier molecular flexibility index (Phi) is 3.95. The molecule has 1 aliphatic rings. The van der Waals surface area contributed by atoms with Gasteiger partial charge in [-0.05, 0) is 31.0 Å². The minimum Gasteiger partial charge on any atom is -0.495 e. The van der Waals surface area contributed by atoms with Gasteiger partial charge in [-0.2, -0.15) is 0 Å². The zero-order valence-corrected chi connectivity index (χ0v) is 11.2. The normalized spacial score (nSPS) is 18.4. The van der Waals surface area contributed by atoms with Crippen molar-refractivity contribution in [2.24, 2.45) is 0 Å². The molecule has 1 saturated heterocycles. The molecule has 1 atom stereocenters. The van der Waals surface area contributed by atoms with Crippen LogP contribution in [0.25, 0.3) is 0 Å². The third-order valence-corrected chi connectivity index (χ3v) is 3.51. The Morgan fingerprint density at radius 3 is 2.84 bits per heavy atom. The average molecular weight is 284 g/mol. The molecule has 0 spiro atoms. The summed E-state index contributed by atoms with van der Waals surface area (Å²) >= 11 is 5.90. The Hall–Kier alpha value is -1.75. The SMILES string of the molecule is COc1cc(C(=O)N2CCC[C@@H]2C(=O)O)ccc1Cl. The minimum absolute atomic E-state index is 0.306. The monoisotopic (exact) mass is 283 g/mol. The van der Waals surface area contributed by atoms with Crippen LogP contribution in [0.2, 0.25) is 5.02 Å². The molecule has 19 heavy (non-hydrogen) atoms. The van der Waals surface area contributed by atoms with Crippen molar-refractivity contribution < 1.29 is 19.4 Å². The molecule has 102 valence electrons. The van der Waals surface area contributed by atoms with Crippen LogP contribution in [0.3, 0.4) is 0 Å². The van der Waals surface area contributed by atoms with Gasteiger partial charge in [0.25, 0.3) is 5.91 Å². The van der Waals surface area contributed by atoms with Gasteiger partial charge >= 0.3 is 5.97 Å². The Balaban J connectivity index is 2.26. The zero-order valence-electron chi connectivity index (χ0n) is 10.4. The van der Waals surface area contributed by atoms with Crippen LogP contribution >= 0.6 is 11.6 Å². The van der Waals surface area contributed by atoms with Crippen LogP contribution in [0.4, 0.5) is 0 Å². The van der Waals surface area contributed by atoms with Gasteiger partial charge in [-0.25, -0.2) is 4.79 Å². The predicted molar refractivity (Wildman–Crippen MR) is 69.7 cm³/mol. The van der Waals surface area contributed by atoms with Crippen molar-refractivity contribution in [3.05, 3.63) is 28.8 Å². The first-order valence-corrected chi connectivity index (χ1v) is 6.29. The summed E-state index contributed by atoms with van der Waals surface area (Å²) in [4.78, 5) is 24.8. The molecule has 0 aromatic heterocycles. The van der Waals surface area contributed by atoms with Crippen LogP contribution in [0.15, 0.2) is 18.2 Å². The van der Waals surface area contributed by atoms with Crippen molar-refractivity contribution in [2.75, 3.05) is 13.7 Å². The van der Waals surface area contributed by atoms with Gasteiger partial charge in [-0.1, -0.05) is 11.6 Å². The first-order valence-electron chi connectivity index (χ1n) is 5.92. The molecule has 0 bridgehead atoms. The van der Waals surface area contributed by atoms with Crippen LogP contribution in [-0.2, 0) is 4.79 Å². The molecule has 6 heteroatoms. The topological polar surface area (TPSA) is 66.8 Å². The highest BCUT2D eigenvalue weighted by Gasteiger charge is 2.34. The second kappa shape index (κ2) is 5.48. The lowest BCUT2D eigenvalue weighted by molar-refractivity contribution is -0.141. The van der Waals surface area contributed by atoms with Crippen molar-refractivity contribution in [1.29, 1.82) is 0 Å². The van der Waals surface area contributed by atoms with Gasteiger partial charge in [0.15, 0.2) is 0 Å². The number of carboxylic acids is 1. The highest BCUT2D eigenvalue weighted by atomic mass is 35.5. The summed E-state index contributed by atoms with van der Waals surface area (Å²) in [5.74, 6) is -0.870. The first kappa shape index (κ1) is 13.7. The molecule has 1 fully saturated rings. The van der Waals surface area contributed by atoms with E-state index in [4.69, 9.17) is 21.4 Å². The van der Waals surface area contributed by atoms with E-state index in [9.17, 15) is 9.59 Å². The molecule has 0 aliphatic carbocycles. The number of carbonyl (C=O) groups excluding carboxylic acids is 1. The molecule has 1 N–H and O–H groups in total. The molecule has 1 heterocycles. The second-order valence-corrected chi connectivity index (χ2v) is 4.75. The van der Waals surface area contributed by atoms with Gasteiger partial charge in [-0.3, -0.25) is 4.79 Å². The standard InChI is InChI=1S/C13H14ClNO4/c1-19-11-7-8(4-5-9(11)14)12(16)15-6-2-3-10(15)13(17)18/h4-5,7,10H,2-3,6H2,1H3,(H,17,18)/t10-/m1/s1. The van der Waals surface area contributed by atoms with E-state index in [1.807, 2.05) is 0 Å². The Labute approximate surface area is 115 Å². The van der Waals surface area contributed by atoms with Crippen LogP contribution in [0.5, 0.6) is 5.75 Å². The number of halogens is 1. The summed E-state index contributed by atoms with van der Waals surface area (Å²) in [6.07, 6.45) is 1.19. The van der Waals surface area contributed by atoms with Crippen molar-refractivity contribution in [2.45, 2.75) is 18.9 Å². The first-order chi connectivity index (χ1) is 9.04. The molecule has 5 nitrogen and oxygen atoms in total. The number of carbonyl (C=O) groups is 2. The van der Waals surface area contributed by atoms with E-state index in [1.165, 1.54) is 18.1 Å². The Bertz CT molecular complexity index is 517. The summed E-state index contributed by atoms with van der Waals surface area (Å²) < 4.78 is 5.05. The number of aliphatic carboxylic acids is 1. The highest BCUT2D eigenvalue weighted by Crippen LogP contribution is 2.27. The van der Waals surface area contributed by atoms with Crippen molar-refractivity contribution in [3.63, 3.8) is 0 Å². The molecule has 0 saturated carbocycles. The van der Waals surface area contributed by atoms with Crippen LogP contribution in [-0.4, -0.2) is 41.6 Å². The highest BCUT2D eigenvalue weighted by molar-refractivity contribution is 6.32. The maximum Gasteiger partial charge on any atom is 0.326 e. The maximum atomic E-state index is 12.3. The summed E-state index contributed by atoms with van der Waals surface area (Å²) in [5, 5.41) is 9.50. The lowest BCUT2D eigenvalue weighted by atomic mass is 10.1. The molecule has 1 aromatic carbocycles. The van der Waals surface area contributed by atoms with Crippen LogP contribution in [0.1, 0.15) is 23.2 Å². The number of likely N-dealkylation sites (tertiary alicyclic amines) is 1. The largest absolute Gasteiger partial charge is 0.495 e. The quantitative estimate of drug-likeness (QED) is 0.922. The Morgan fingerprint density at radius 1 is 1.47 bits per heavy atom. The van der Waals surface area contributed by atoms with Gasteiger partial charge in [0.1, 0.15) is 11.8 Å². The molecule has 0 radical (unpaired) electrons. The number of hydrogen-bond acceptors (Lipinski definition) is 3. The number of nitrogens with zero attached hydrogens (tertiary/aromatic N) is 1. The van der Waals surface area contributed by atoms with E-state index >= 15 is 0 Å². The van der Waals surface area contributed by atoms with E-state index < -0.39 is 12.0 Å². The van der Waals surface area contributed by atoms with Gasteiger partial charge in [0.05, 0.1) is 12.1 Å². The van der Waals surface area contributed by atoms with Gasteiger partial charge < -0.3 is 14.7 Å². The van der Waals surface area contributed by atoms with Crippen LogP contribution in [0, 0.1) is 0 Å². The van der Waals surface area contributed by atoms with E-state index in [0.717, 1.165) is 0 Å². The predicted octanol–water partition coefficient (Wildman–Crippen LogP) is 2.04. The molecular formula is C13H14ClNO4. The van der Waals surface area contributed by atoms with Crippen molar-refractivity contribution in [3.8, 4) is 5.75 Å². The van der Waals surface area contributed by atoms with Gasteiger partial charge in [-0.15, -0.1) is 0 Å². The molecular weight excluding hydrogens is 270 g/mol. The summed E-state index contributed by atoms with van der Waals surface area (Å²) in [7, 11) is 1.46. The van der Waals surface area contributed by atoms with Crippen molar-refractivity contribution >= 4 is 23.5 Å². The van der Waals surface area contributed by atoms with Gasteiger partial charge in [0, 0.05) is 12.1 Å². The zero-order chi connectivity index (χ0) is 14.0. The van der Waals surface area contributed by atoms with Crippen LogP contribution < -0.4 is 4.74 Å². The number of rotatable bonds is 3. The summed E-state index contributed by atoms with van der Waals surface area (Å²) in [5.41, 5.74) is 0.384. The van der Waals surface area contributed by atoms with E-state index in [2.05, 4.69) is 0 Å². The van der Waals surface area contributed by atoms with Crippen molar-refractivity contribution in [1.82, 2.24) is 4.90 Å². The number of ether oxygens (including phenoxy) is 1. The fourth-order valence-electron chi connectivity index (χ4n) is 2.23. The number of benzene rings is 1. The fraction of sp³-hybridized carbons (Fsp3) is 0.385. The molecule has 1 aliphatic heterocycles. The average Bonchev–Trinajstić information content (AvgIpc) is 2.87. The third kappa shape index (κ3) is 2.66. The fourth-order valence-corrected chi connectivity index (χ4v) is 2.42. The smallest absolute Gasteiger partial charge is 0.326 e. The number of hydrogen-bond donors (Lipinski definition) is 1.